The molecular formula is C18H21BrN2O2. The quantitative estimate of drug-likeness (QED) is 0.859. The predicted octanol–water partition coefficient (Wildman–Crippen LogP) is 3.92. The molecule has 0 aliphatic carbocycles. The predicted molar refractivity (Wildman–Crippen MR) is 93.5 cm³/mol. The van der Waals surface area contributed by atoms with Gasteiger partial charge in [-0.25, -0.2) is 0 Å². The SMILES string of the molecule is Cc1ccc(C(CNC(=O)c2ccc(Br)cc2)N2CCCC2)o1. The monoisotopic (exact) mass is 376 g/mol. The lowest BCUT2D eigenvalue weighted by Crippen LogP contribution is -2.36. The Hall–Kier alpha value is -1.59. The van der Waals surface area contributed by atoms with E-state index in [2.05, 4.69) is 26.1 Å². The number of nitrogens with zero attached hydrogens (tertiary/aromatic N) is 1. The molecule has 122 valence electrons. The van der Waals surface area contributed by atoms with E-state index in [1.54, 1.807) is 0 Å². The first-order valence-corrected chi connectivity index (χ1v) is 8.77. The highest BCUT2D eigenvalue weighted by molar-refractivity contribution is 9.10. The lowest BCUT2D eigenvalue weighted by Gasteiger charge is -2.26. The van der Waals surface area contributed by atoms with Gasteiger partial charge in [-0.3, -0.25) is 9.69 Å². The molecule has 0 bridgehead atoms. The molecule has 0 saturated carbocycles. The third-order valence-corrected chi connectivity index (χ3v) is 4.76. The summed E-state index contributed by atoms with van der Waals surface area (Å²) in [4.78, 5) is 14.7. The van der Waals surface area contributed by atoms with Gasteiger partial charge in [-0.2, -0.15) is 0 Å². The van der Waals surface area contributed by atoms with Crippen LogP contribution in [0.5, 0.6) is 0 Å². The Morgan fingerprint density at radius 3 is 2.52 bits per heavy atom. The minimum atomic E-state index is -0.0509. The first-order chi connectivity index (χ1) is 11.1. The third-order valence-electron chi connectivity index (χ3n) is 4.23. The van der Waals surface area contributed by atoms with Crippen LogP contribution in [-0.2, 0) is 0 Å². The highest BCUT2D eigenvalue weighted by Gasteiger charge is 2.26. The summed E-state index contributed by atoms with van der Waals surface area (Å²) in [6.45, 7) is 4.62. The molecule has 5 heteroatoms. The second-order valence-corrected chi connectivity index (χ2v) is 6.84. The molecule has 2 heterocycles. The number of amides is 1. The van der Waals surface area contributed by atoms with Crippen molar-refractivity contribution in [3.05, 3.63) is 58.0 Å². The fourth-order valence-corrected chi connectivity index (χ4v) is 3.25. The zero-order valence-electron chi connectivity index (χ0n) is 13.2. The molecule has 1 N–H and O–H groups in total. The van der Waals surface area contributed by atoms with E-state index >= 15 is 0 Å². The molecule has 0 spiro atoms. The maximum Gasteiger partial charge on any atom is 0.251 e. The van der Waals surface area contributed by atoms with Gasteiger partial charge in [-0.1, -0.05) is 15.9 Å². The Balaban J connectivity index is 1.68. The van der Waals surface area contributed by atoms with E-state index in [0.717, 1.165) is 29.1 Å². The van der Waals surface area contributed by atoms with Crippen LogP contribution in [0.15, 0.2) is 45.3 Å². The Morgan fingerprint density at radius 1 is 1.22 bits per heavy atom. The molecule has 3 rings (SSSR count). The molecule has 2 aromatic rings. The second kappa shape index (κ2) is 7.32. The van der Waals surface area contributed by atoms with E-state index in [0.29, 0.717) is 12.1 Å². The minimum Gasteiger partial charge on any atom is -0.465 e. The average Bonchev–Trinajstić information content (AvgIpc) is 3.20. The summed E-state index contributed by atoms with van der Waals surface area (Å²) >= 11 is 3.38. The van der Waals surface area contributed by atoms with Crippen LogP contribution < -0.4 is 5.32 Å². The van der Waals surface area contributed by atoms with Crippen molar-refractivity contribution in [1.29, 1.82) is 0 Å². The number of carbonyl (C=O) groups excluding carboxylic acids is 1. The molecule has 1 fully saturated rings. The van der Waals surface area contributed by atoms with Gasteiger partial charge in [-0.15, -0.1) is 0 Å². The maximum absolute atomic E-state index is 12.3. The second-order valence-electron chi connectivity index (χ2n) is 5.92. The lowest BCUT2D eigenvalue weighted by atomic mass is 10.1. The van der Waals surface area contributed by atoms with E-state index in [1.165, 1.54) is 12.8 Å². The normalized spacial score (nSPS) is 16.4. The van der Waals surface area contributed by atoms with Crippen molar-refractivity contribution in [3.63, 3.8) is 0 Å². The zero-order valence-corrected chi connectivity index (χ0v) is 14.8. The number of likely N-dealkylation sites (tertiary alicyclic amines) is 1. The fraction of sp³-hybridized carbons (Fsp3) is 0.389. The molecular weight excluding hydrogens is 356 g/mol. The lowest BCUT2D eigenvalue weighted by molar-refractivity contribution is 0.0933. The number of benzene rings is 1. The van der Waals surface area contributed by atoms with E-state index in [1.807, 2.05) is 43.3 Å². The molecule has 1 saturated heterocycles. The van der Waals surface area contributed by atoms with Crippen LogP contribution in [0.3, 0.4) is 0 Å². The number of aryl methyl sites for hydroxylation is 1. The molecule has 1 aromatic carbocycles. The van der Waals surface area contributed by atoms with Gasteiger partial charge in [0.1, 0.15) is 11.5 Å². The number of hydrogen-bond acceptors (Lipinski definition) is 3. The Kier molecular flexibility index (Phi) is 5.18. The van der Waals surface area contributed by atoms with Crippen molar-refractivity contribution in [2.75, 3.05) is 19.6 Å². The van der Waals surface area contributed by atoms with Crippen molar-refractivity contribution in [2.45, 2.75) is 25.8 Å². The van der Waals surface area contributed by atoms with Crippen molar-refractivity contribution in [3.8, 4) is 0 Å². The van der Waals surface area contributed by atoms with Gasteiger partial charge < -0.3 is 9.73 Å². The molecule has 4 nitrogen and oxygen atoms in total. The number of rotatable bonds is 5. The van der Waals surface area contributed by atoms with Crippen LogP contribution >= 0.6 is 15.9 Å². The summed E-state index contributed by atoms with van der Waals surface area (Å²) < 4.78 is 6.78. The molecule has 1 atom stereocenters. The van der Waals surface area contributed by atoms with Gasteiger partial charge in [0.05, 0.1) is 6.04 Å². The standard InChI is InChI=1S/C18H21BrN2O2/c1-13-4-9-17(23-13)16(21-10-2-3-11-21)12-20-18(22)14-5-7-15(19)8-6-14/h4-9,16H,2-3,10-12H2,1H3,(H,20,22). The minimum absolute atomic E-state index is 0.0509. The van der Waals surface area contributed by atoms with Gasteiger partial charge in [-0.05, 0) is 69.3 Å². The molecule has 1 aliphatic rings. The van der Waals surface area contributed by atoms with E-state index in [-0.39, 0.29) is 11.9 Å². The van der Waals surface area contributed by atoms with Crippen LogP contribution in [0, 0.1) is 6.92 Å². The molecule has 0 radical (unpaired) electrons. The molecule has 23 heavy (non-hydrogen) atoms. The van der Waals surface area contributed by atoms with Crippen molar-refractivity contribution < 1.29 is 9.21 Å². The Labute approximate surface area is 145 Å². The van der Waals surface area contributed by atoms with Gasteiger partial charge >= 0.3 is 0 Å². The number of carbonyl (C=O) groups is 1. The first kappa shape index (κ1) is 16.3. The molecule has 1 unspecified atom stereocenters. The fourth-order valence-electron chi connectivity index (χ4n) is 2.99. The summed E-state index contributed by atoms with van der Waals surface area (Å²) in [5, 5.41) is 3.05. The first-order valence-electron chi connectivity index (χ1n) is 7.97. The summed E-state index contributed by atoms with van der Waals surface area (Å²) in [6, 6.07) is 11.5. The van der Waals surface area contributed by atoms with E-state index < -0.39 is 0 Å². The van der Waals surface area contributed by atoms with Gasteiger partial charge in [0.2, 0.25) is 0 Å². The van der Waals surface area contributed by atoms with Crippen LogP contribution in [0.1, 0.15) is 40.8 Å². The maximum atomic E-state index is 12.3. The van der Waals surface area contributed by atoms with Gasteiger partial charge in [0.25, 0.3) is 5.91 Å². The Morgan fingerprint density at radius 2 is 1.91 bits per heavy atom. The molecule has 1 aliphatic heterocycles. The largest absolute Gasteiger partial charge is 0.465 e. The third kappa shape index (κ3) is 4.03. The summed E-state index contributed by atoms with van der Waals surface area (Å²) in [6.07, 6.45) is 2.41. The topological polar surface area (TPSA) is 45.5 Å². The van der Waals surface area contributed by atoms with Crippen LogP contribution in [-0.4, -0.2) is 30.4 Å². The summed E-state index contributed by atoms with van der Waals surface area (Å²) in [5.74, 6) is 1.79. The Bertz CT molecular complexity index is 660. The van der Waals surface area contributed by atoms with Crippen molar-refractivity contribution >= 4 is 21.8 Å². The summed E-state index contributed by atoms with van der Waals surface area (Å²) in [7, 11) is 0. The van der Waals surface area contributed by atoms with Crippen molar-refractivity contribution in [2.24, 2.45) is 0 Å². The smallest absolute Gasteiger partial charge is 0.251 e. The number of halogens is 1. The van der Waals surface area contributed by atoms with E-state index in [4.69, 9.17) is 4.42 Å². The van der Waals surface area contributed by atoms with Gasteiger partial charge in [0.15, 0.2) is 0 Å². The highest BCUT2D eigenvalue weighted by atomic mass is 79.9. The highest BCUT2D eigenvalue weighted by Crippen LogP contribution is 2.26. The zero-order chi connectivity index (χ0) is 16.2. The van der Waals surface area contributed by atoms with Crippen LogP contribution in [0.4, 0.5) is 0 Å². The average molecular weight is 377 g/mol. The van der Waals surface area contributed by atoms with Crippen molar-refractivity contribution in [1.82, 2.24) is 10.2 Å². The molecule has 1 amide bonds. The number of hydrogen-bond donors (Lipinski definition) is 1. The number of furan rings is 1. The van der Waals surface area contributed by atoms with E-state index in [9.17, 15) is 4.79 Å². The molecule has 1 aromatic heterocycles. The summed E-state index contributed by atoms with van der Waals surface area (Å²) in [5.41, 5.74) is 0.670. The van der Waals surface area contributed by atoms with Gasteiger partial charge in [0, 0.05) is 16.6 Å². The van der Waals surface area contributed by atoms with Crippen LogP contribution in [0.25, 0.3) is 0 Å². The number of nitrogens with one attached hydrogen (secondary N) is 1. The van der Waals surface area contributed by atoms with Crippen LogP contribution in [0.2, 0.25) is 0 Å².